The van der Waals surface area contributed by atoms with Crippen LogP contribution in [0.5, 0.6) is 0 Å². The van der Waals surface area contributed by atoms with Gasteiger partial charge in [0.05, 0.1) is 11.6 Å². The Morgan fingerprint density at radius 3 is 2.45 bits per heavy atom. The van der Waals surface area contributed by atoms with Gasteiger partial charge < -0.3 is 5.32 Å². The van der Waals surface area contributed by atoms with Gasteiger partial charge in [-0.3, -0.25) is 19.1 Å². The molecule has 0 radical (unpaired) electrons. The fourth-order valence-electron chi connectivity index (χ4n) is 3.26. The maximum atomic E-state index is 13.1. The van der Waals surface area contributed by atoms with Crippen LogP contribution in [0.2, 0.25) is 0 Å². The van der Waals surface area contributed by atoms with Gasteiger partial charge in [0.1, 0.15) is 5.69 Å². The first-order valence-corrected chi connectivity index (χ1v) is 10.1. The number of benzene rings is 1. The van der Waals surface area contributed by atoms with E-state index in [4.69, 9.17) is 0 Å². The molecule has 1 unspecified atom stereocenters. The first-order chi connectivity index (χ1) is 13.8. The van der Waals surface area contributed by atoms with Crippen molar-refractivity contribution in [2.45, 2.75) is 33.2 Å². The van der Waals surface area contributed by atoms with Gasteiger partial charge in [0, 0.05) is 41.9 Å². The minimum Gasteiger partial charge on any atom is -0.341 e. The SMILES string of the molecule is CC(=O)C(=O)C(Cc1ccccc1)NC(=O)c1cn(C)nc1-c1cc(C)sc1C. The molecule has 2 aromatic heterocycles. The van der Waals surface area contributed by atoms with Crippen molar-refractivity contribution in [1.82, 2.24) is 15.1 Å². The Labute approximate surface area is 173 Å². The lowest BCUT2D eigenvalue weighted by molar-refractivity contribution is -0.136. The second kappa shape index (κ2) is 8.53. The Kier molecular flexibility index (Phi) is 6.08. The predicted molar refractivity (Wildman–Crippen MR) is 113 cm³/mol. The standard InChI is InChI=1S/C22H23N3O3S/c1-13-10-17(15(3)29-13)20-18(12-25(4)24-20)22(28)23-19(21(27)14(2)26)11-16-8-6-5-7-9-16/h5-10,12,19H,11H2,1-4H3,(H,23,28). The van der Waals surface area contributed by atoms with E-state index in [0.717, 1.165) is 20.9 Å². The van der Waals surface area contributed by atoms with E-state index in [1.807, 2.05) is 50.2 Å². The fraction of sp³-hybridized carbons (Fsp3) is 0.273. The quantitative estimate of drug-likeness (QED) is 0.608. The summed E-state index contributed by atoms with van der Waals surface area (Å²) >= 11 is 1.64. The molecule has 0 aliphatic carbocycles. The van der Waals surface area contributed by atoms with Crippen LogP contribution in [0.1, 0.15) is 32.6 Å². The average Bonchev–Trinajstić information content (AvgIpc) is 3.22. The molecule has 1 atom stereocenters. The molecule has 0 aliphatic rings. The van der Waals surface area contributed by atoms with E-state index in [1.54, 1.807) is 29.3 Å². The van der Waals surface area contributed by atoms with Crippen molar-refractivity contribution in [1.29, 1.82) is 0 Å². The van der Waals surface area contributed by atoms with Gasteiger partial charge in [0.2, 0.25) is 5.78 Å². The minimum absolute atomic E-state index is 0.247. The zero-order valence-electron chi connectivity index (χ0n) is 16.9. The second-order valence-corrected chi connectivity index (χ2v) is 8.49. The molecule has 0 aliphatic heterocycles. The first-order valence-electron chi connectivity index (χ1n) is 9.27. The number of thiophene rings is 1. The first kappa shape index (κ1) is 20.7. The molecule has 3 rings (SSSR count). The van der Waals surface area contributed by atoms with Gasteiger partial charge in [-0.15, -0.1) is 11.3 Å². The maximum absolute atomic E-state index is 13.1. The third kappa shape index (κ3) is 4.68. The van der Waals surface area contributed by atoms with E-state index in [0.29, 0.717) is 11.3 Å². The summed E-state index contributed by atoms with van der Waals surface area (Å²) in [5.41, 5.74) is 2.71. The summed E-state index contributed by atoms with van der Waals surface area (Å²) in [6.07, 6.45) is 1.88. The molecule has 6 nitrogen and oxygen atoms in total. The van der Waals surface area contributed by atoms with Crippen LogP contribution in [0.3, 0.4) is 0 Å². The van der Waals surface area contributed by atoms with Gasteiger partial charge in [-0.2, -0.15) is 5.10 Å². The number of amides is 1. The van der Waals surface area contributed by atoms with Gasteiger partial charge >= 0.3 is 0 Å². The number of hydrogen-bond acceptors (Lipinski definition) is 5. The molecule has 0 spiro atoms. The summed E-state index contributed by atoms with van der Waals surface area (Å²) in [6.45, 7) is 5.21. The van der Waals surface area contributed by atoms with Crippen LogP contribution in [0.15, 0.2) is 42.6 Å². The molecule has 7 heteroatoms. The van der Waals surface area contributed by atoms with Crippen LogP contribution in [0, 0.1) is 13.8 Å². The number of nitrogens with zero attached hydrogens (tertiary/aromatic N) is 2. The van der Waals surface area contributed by atoms with Gasteiger partial charge in [-0.25, -0.2) is 0 Å². The van der Waals surface area contributed by atoms with Gasteiger partial charge in [0.15, 0.2) is 5.78 Å². The Morgan fingerprint density at radius 2 is 1.86 bits per heavy atom. The number of carbonyl (C=O) groups excluding carboxylic acids is 3. The normalized spacial score (nSPS) is 11.9. The highest BCUT2D eigenvalue weighted by molar-refractivity contribution is 7.12. The number of Topliss-reactive ketones (excluding diaryl/α,β-unsaturated/α-hetero) is 2. The van der Waals surface area contributed by atoms with Gasteiger partial charge in [-0.1, -0.05) is 30.3 Å². The molecule has 2 heterocycles. The number of ketones is 2. The van der Waals surface area contributed by atoms with E-state index >= 15 is 0 Å². The summed E-state index contributed by atoms with van der Waals surface area (Å²) in [5.74, 6) is -1.62. The third-order valence-corrected chi connectivity index (χ3v) is 5.59. The molecule has 1 amide bonds. The van der Waals surface area contributed by atoms with Crippen LogP contribution in [-0.4, -0.2) is 33.3 Å². The lowest BCUT2D eigenvalue weighted by Crippen LogP contribution is -2.44. The van der Waals surface area contributed by atoms with Crippen LogP contribution in [0.25, 0.3) is 11.3 Å². The van der Waals surface area contributed by atoms with Crippen molar-refractivity contribution in [3.8, 4) is 11.3 Å². The van der Waals surface area contributed by atoms with Gasteiger partial charge in [-0.05, 0) is 25.5 Å². The maximum Gasteiger partial charge on any atom is 0.255 e. The number of rotatable bonds is 7. The lowest BCUT2D eigenvalue weighted by atomic mass is 9.99. The number of aromatic nitrogens is 2. The Morgan fingerprint density at radius 1 is 1.17 bits per heavy atom. The number of hydrogen-bond donors (Lipinski definition) is 1. The van der Waals surface area contributed by atoms with Crippen molar-refractivity contribution >= 4 is 28.8 Å². The molecule has 150 valence electrons. The molecule has 0 saturated heterocycles. The molecular formula is C22H23N3O3S. The highest BCUT2D eigenvalue weighted by atomic mass is 32.1. The summed E-state index contributed by atoms with van der Waals surface area (Å²) in [7, 11) is 1.75. The molecule has 0 fully saturated rings. The van der Waals surface area contributed by atoms with Crippen molar-refractivity contribution in [2.75, 3.05) is 0 Å². The predicted octanol–water partition coefficient (Wildman–Crippen LogP) is 3.26. The summed E-state index contributed by atoms with van der Waals surface area (Å²) in [5, 5.41) is 7.21. The number of aryl methyl sites for hydroxylation is 3. The zero-order chi connectivity index (χ0) is 21.1. The largest absolute Gasteiger partial charge is 0.341 e. The van der Waals surface area contributed by atoms with Crippen LogP contribution in [-0.2, 0) is 23.1 Å². The zero-order valence-corrected chi connectivity index (χ0v) is 17.7. The third-order valence-electron chi connectivity index (χ3n) is 4.62. The van der Waals surface area contributed by atoms with Crippen molar-refractivity contribution < 1.29 is 14.4 Å². The van der Waals surface area contributed by atoms with Crippen molar-refractivity contribution in [3.05, 3.63) is 63.5 Å². The smallest absolute Gasteiger partial charge is 0.255 e. The molecule has 1 N–H and O–H groups in total. The summed E-state index contributed by atoms with van der Waals surface area (Å²) in [6, 6.07) is 10.4. The fourth-order valence-corrected chi connectivity index (χ4v) is 4.19. The summed E-state index contributed by atoms with van der Waals surface area (Å²) < 4.78 is 1.58. The van der Waals surface area contributed by atoms with E-state index in [9.17, 15) is 14.4 Å². The Bertz CT molecular complexity index is 1070. The molecule has 29 heavy (non-hydrogen) atoms. The van der Waals surface area contributed by atoms with Crippen molar-refractivity contribution in [3.63, 3.8) is 0 Å². The van der Waals surface area contributed by atoms with E-state index in [1.165, 1.54) is 6.92 Å². The molecule has 3 aromatic rings. The number of carbonyl (C=O) groups is 3. The van der Waals surface area contributed by atoms with Gasteiger partial charge in [0.25, 0.3) is 5.91 Å². The monoisotopic (exact) mass is 409 g/mol. The van der Waals surface area contributed by atoms with E-state index in [-0.39, 0.29) is 6.42 Å². The summed E-state index contributed by atoms with van der Waals surface area (Å²) in [4.78, 5) is 39.4. The van der Waals surface area contributed by atoms with E-state index < -0.39 is 23.5 Å². The van der Waals surface area contributed by atoms with Crippen molar-refractivity contribution in [2.24, 2.45) is 7.05 Å². The van der Waals surface area contributed by atoms with Crippen LogP contribution >= 0.6 is 11.3 Å². The Balaban J connectivity index is 1.91. The highest BCUT2D eigenvalue weighted by Crippen LogP contribution is 2.31. The molecular weight excluding hydrogens is 386 g/mol. The average molecular weight is 410 g/mol. The van der Waals surface area contributed by atoms with E-state index in [2.05, 4.69) is 10.4 Å². The van der Waals surface area contributed by atoms with Crippen LogP contribution < -0.4 is 5.32 Å². The molecule has 0 bridgehead atoms. The topological polar surface area (TPSA) is 81.1 Å². The minimum atomic E-state index is -0.930. The second-order valence-electron chi connectivity index (χ2n) is 7.03. The molecule has 0 saturated carbocycles. The van der Waals surface area contributed by atoms with Crippen LogP contribution in [0.4, 0.5) is 0 Å². The lowest BCUT2D eigenvalue weighted by Gasteiger charge is -2.16. The molecule has 1 aromatic carbocycles. The number of nitrogens with one attached hydrogen (secondary N) is 1. The highest BCUT2D eigenvalue weighted by Gasteiger charge is 2.27. The Hall–Kier alpha value is -3.06.